The average molecular weight is 276 g/mol. The molecule has 20 heavy (non-hydrogen) atoms. The monoisotopic (exact) mass is 276 g/mol. The maximum absolute atomic E-state index is 12.0. The van der Waals surface area contributed by atoms with Crippen molar-refractivity contribution in [2.24, 2.45) is 5.73 Å². The fraction of sp³-hybridized carbons (Fsp3) is 0.429. The smallest absolute Gasteiger partial charge is 0.253 e. The standard InChI is InChI=1S/C14H20N4O2/c1-17-14(20)10-6-5-9(15)8-12(10)18-7-3-2-4-11(18)13(16)19/h5-6,8,11H,2-4,7,15H2,1H3,(H2,16,19)(H,17,20). The number of hydrogen-bond donors (Lipinski definition) is 3. The Morgan fingerprint density at radius 2 is 2.10 bits per heavy atom. The van der Waals surface area contributed by atoms with Crippen molar-refractivity contribution in [2.45, 2.75) is 25.3 Å². The zero-order valence-corrected chi connectivity index (χ0v) is 11.6. The van der Waals surface area contributed by atoms with Crippen molar-refractivity contribution in [3.05, 3.63) is 23.8 Å². The van der Waals surface area contributed by atoms with Crippen LogP contribution in [-0.2, 0) is 4.79 Å². The number of amides is 2. The number of hydrogen-bond acceptors (Lipinski definition) is 4. The van der Waals surface area contributed by atoms with Crippen molar-refractivity contribution < 1.29 is 9.59 Å². The lowest BCUT2D eigenvalue weighted by atomic mass is 9.98. The van der Waals surface area contributed by atoms with Gasteiger partial charge in [0.2, 0.25) is 5.91 Å². The first-order valence-corrected chi connectivity index (χ1v) is 6.72. The molecule has 0 saturated carbocycles. The van der Waals surface area contributed by atoms with Gasteiger partial charge in [-0.15, -0.1) is 0 Å². The van der Waals surface area contributed by atoms with Crippen molar-refractivity contribution in [2.75, 3.05) is 24.2 Å². The van der Waals surface area contributed by atoms with Crippen LogP contribution in [0.2, 0.25) is 0 Å². The van der Waals surface area contributed by atoms with E-state index in [0.717, 1.165) is 12.8 Å². The number of anilines is 2. The summed E-state index contributed by atoms with van der Waals surface area (Å²) in [7, 11) is 1.57. The first kappa shape index (κ1) is 14.2. The minimum Gasteiger partial charge on any atom is -0.399 e. The zero-order valence-electron chi connectivity index (χ0n) is 11.6. The van der Waals surface area contributed by atoms with E-state index in [0.29, 0.717) is 29.9 Å². The second-order valence-corrected chi connectivity index (χ2v) is 4.96. The topological polar surface area (TPSA) is 101 Å². The highest BCUT2D eigenvalue weighted by molar-refractivity contribution is 6.01. The van der Waals surface area contributed by atoms with E-state index in [4.69, 9.17) is 11.5 Å². The van der Waals surface area contributed by atoms with Gasteiger partial charge in [-0.2, -0.15) is 0 Å². The molecule has 1 fully saturated rings. The summed E-state index contributed by atoms with van der Waals surface area (Å²) in [5, 5.41) is 2.60. The lowest BCUT2D eigenvalue weighted by Gasteiger charge is -2.36. The Morgan fingerprint density at radius 1 is 1.35 bits per heavy atom. The molecule has 1 aliphatic rings. The van der Waals surface area contributed by atoms with Gasteiger partial charge in [-0.25, -0.2) is 0 Å². The Kier molecular flexibility index (Phi) is 4.12. The highest BCUT2D eigenvalue weighted by atomic mass is 16.2. The van der Waals surface area contributed by atoms with Gasteiger partial charge in [-0.3, -0.25) is 9.59 Å². The van der Waals surface area contributed by atoms with Gasteiger partial charge in [0.25, 0.3) is 5.91 Å². The largest absolute Gasteiger partial charge is 0.399 e. The highest BCUT2D eigenvalue weighted by Gasteiger charge is 2.29. The first-order valence-electron chi connectivity index (χ1n) is 6.72. The third-order valence-electron chi connectivity index (χ3n) is 3.63. The quantitative estimate of drug-likeness (QED) is 0.698. The molecule has 6 heteroatoms. The third-order valence-corrected chi connectivity index (χ3v) is 3.63. The van der Waals surface area contributed by atoms with Crippen molar-refractivity contribution >= 4 is 23.2 Å². The molecule has 1 heterocycles. The van der Waals surface area contributed by atoms with Crippen LogP contribution in [0.15, 0.2) is 18.2 Å². The molecule has 1 aromatic rings. The van der Waals surface area contributed by atoms with Crippen molar-refractivity contribution in [3.63, 3.8) is 0 Å². The van der Waals surface area contributed by atoms with Gasteiger partial charge in [0.05, 0.1) is 11.3 Å². The Labute approximate surface area is 118 Å². The minimum absolute atomic E-state index is 0.200. The fourth-order valence-corrected chi connectivity index (χ4v) is 2.63. The molecule has 1 atom stereocenters. The van der Waals surface area contributed by atoms with E-state index in [-0.39, 0.29) is 17.9 Å². The average Bonchev–Trinajstić information content (AvgIpc) is 2.46. The minimum atomic E-state index is -0.381. The first-order chi connectivity index (χ1) is 9.54. The molecule has 1 saturated heterocycles. The molecule has 0 aliphatic carbocycles. The SMILES string of the molecule is CNC(=O)c1ccc(N)cc1N1CCCCC1C(N)=O. The van der Waals surface area contributed by atoms with E-state index in [2.05, 4.69) is 5.32 Å². The predicted molar refractivity (Wildman–Crippen MR) is 78.4 cm³/mol. The van der Waals surface area contributed by atoms with Gasteiger partial charge >= 0.3 is 0 Å². The molecule has 0 spiro atoms. The van der Waals surface area contributed by atoms with Crippen LogP contribution >= 0.6 is 0 Å². The Morgan fingerprint density at radius 3 is 2.75 bits per heavy atom. The highest BCUT2D eigenvalue weighted by Crippen LogP contribution is 2.29. The van der Waals surface area contributed by atoms with Gasteiger partial charge in [0.1, 0.15) is 6.04 Å². The summed E-state index contributed by atoms with van der Waals surface area (Å²) in [6.45, 7) is 0.695. The number of benzene rings is 1. The van der Waals surface area contributed by atoms with Gasteiger partial charge in [-0.1, -0.05) is 0 Å². The van der Waals surface area contributed by atoms with Gasteiger partial charge in [0.15, 0.2) is 0 Å². The molecule has 1 unspecified atom stereocenters. The van der Waals surface area contributed by atoms with Crippen molar-refractivity contribution in [1.29, 1.82) is 0 Å². The summed E-state index contributed by atoms with van der Waals surface area (Å²) in [5.74, 6) is -0.566. The predicted octanol–water partition coefficient (Wildman–Crippen LogP) is 0.473. The number of carbonyl (C=O) groups excluding carboxylic acids is 2. The molecule has 6 nitrogen and oxygen atoms in total. The maximum atomic E-state index is 12.0. The van der Waals surface area contributed by atoms with Crippen LogP contribution in [0.3, 0.4) is 0 Å². The molecule has 0 bridgehead atoms. The molecule has 2 amide bonds. The van der Waals surface area contributed by atoms with E-state index in [9.17, 15) is 9.59 Å². The van der Waals surface area contributed by atoms with Gasteiger partial charge in [-0.05, 0) is 37.5 Å². The summed E-state index contributed by atoms with van der Waals surface area (Å²) >= 11 is 0. The number of primary amides is 1. The molecule has 0 radical (unpaired) electrons. The second-order valence-electron chi connectivity index (χ2n) is 4.96. The molecule has 0 aromatic heterocycles. The zero-order chi connectivity index (χ0) is 14.7. The summed E-state index contributed by atoms with van der Waals surface area (Å²) in [6.07, 6.45) is 2.63. The number of rotatable bonds is 3. The molecule has 5 N–H and O–H groups in total. The maximum Gasteiger partial charge on any atom is 0.253 e. The van der Waals surface area contributed by atoms with Crippen LogP contribution < -0.4 is 21.7 Å². The summed E-state index contributed by atoms with van der Waals surface area (Å²) in [6, 6.07) is 4.70. The Hall–Kier alpha value is -2.24. The number of nitrogens with zero attached hydrogens (tertiary/aromatic N) is 1. The van der Waals surface area contributed by atoms with Crippen LogP contribution in [-0.4, -0.2) is 31.4 Å². The number of nitrogens with one attached hydrogen (secondary N) is 1. The van der Waals surface area contributed by atoms with E-state index >= 15 is 0 Å². The molecule has 2 rings (SSSR count). The van der Waals surface area contributed by atoms with Crippen molar-refractivity contribution in [3.8, 4) is 0 Å². The van der Waals surface area contributed by atoms with E-state index in [1.807, 2.05) is 4.90 Å². The van der Waals surface area contributed by atoms with E-state index in [1.165, 1.54) is 0 Å². The molecule has 1 aliphatic heterocycles. The Bertz CT molecular complexity index is 530. The third kappa shape index (κ3) is 2.68. The number of piperidine rings is 1. The van der Waals surface area contributed by atoms with Crippen LogP contribution in [0.1, 0.15) is 29.6 Å². The molecular weight excluding hydrogens is 256 g/mol. The van der Waals surface area contributed by atoms with E-state index in [1.54, 1.807) is 25.2 Å². The lowest BCUT2D eigenvalue weighted by molar-refractivity contribution is -0.119. The Balaban J connectivity index is 2.45. The fourth-order valence-electron chi connectivity index (χ4n) is 2.63. The van der Waals surface area contributed by atoms with Crippen LogP contribution in [0.4, 0.5) is 11.4 Å². The number of nitrogen functional groups attached to an aromatic ring is 1. The summed E-state index contributed by atoms with van der Waals surface area (Å²) in [4.78, 5) is 25.5. The van der Waals surface area contributed by atoms with Crippen LogP contribution in [0, 0.1) is 0 Å². The molecular formula is C14H20N4O2. The molecule has 1 aromatic carbocycles. The van der Waals surface area contributed by atoms with E-state index < -0.39 is 0 Å². The van der Waals surface area contributed by atoms with Crippen LogP contribution in [0.5, 0.6) is 0 Å². The second kappa shape index (κ2) is 5.81. The summed E-state index contributed by atoms with van der Waals surface area (Å²) in [5.41, 5.74) is 13.0. The lowest BCUT2D eigenvalue weighted by Crippen LogP contribution is -2.48. The summed E-state index contributed by atoms with van der Waals surface area (Å²) < 4.78 is 0. The molecule has 108 valence electrons. The number of nitrogens with two attached hydrogens (primary N) is 2. The van der Waals surface area contributed by atoms with Crippen molar-refractivity contribution in [1.82, 2.24) is 5.32 Å². The van der Waals surface area contributed by atoms with Crippen LogP contribution in [0.25, 0.3) is 0 Å². The normalized spacial score (nSPS) is 18.6. The van der Waals surface area contributed by atoms with Gasteiger partial charge in [0, 0.05) is 19.3 Å². The number of carbonyl (C=O) groups is 2. The van der Waals surface area contributed by atoms with Gasteiger partial charge < -0.3 is 21.7 Å².